The van der Waals surface area contributed by atoms with Gasteiger partial charge in [0.15, 0.2) is 20.9 Å². The fourth-order valence-corrected chi connectivity index (χ4v) is 20.4. The molecule has 4 aromatic carbocycles. The number of ether oxygens (including phenoxy) is 3. The Bertz CT molecular complexity index is 2300. The summed E-state index contributed by atoms with van der Waals surface area (Å²) in [5.74, 6) is -0.121. The Balaban J connectivity index is 1.62. The molecule has 6 nitrogen and oxygen atoms in total. The zero-order valence-corrected chi connectivity index (χ0v) is 51.1. The maximum atomic E-state index is 8.00. The number of hydrogen-bond acceptors (Lipinski definition) is 6. The van der Waals surface area contributed by atoms with Crippen molar-refractivity contribution in [3.8, 4) is 0 Å². The van der Waals surface area contributed by atoms with E-state index >= 15 is 0 Å². The summed E-state index contributed by atoms with van der Waals surface area (Å²) in [6.07, 6.45) is 24.7. The highest BCUT2D eigenvalue weighted by atomic mass is 28.4. The maximum absolute atomic E-state index is 8.00. The Morgan fingerprint density at radius 2 is 1.08 bits per heavy atom. The van der Waals surface area contributed by atoms with Crippen molar-refractivity contribution in [2.45, 2.75) is 187 Å². The van der Waals surface area contributed by atoms with Crippen molar-refractivity contribution in [2.75, 3.05) is 6.61 Å². The molecule has 0 saturated carbocycles. The highest BCUT2D eigenvalue weighted by Crippen LogP contribution is 2.42. The van der Waals surface area contributed by atoms with Crippen molar-refractivity contribution in [3.63, 3.8) is 0 Å². The Hall–Kier alpha value is -4.01. The van der Waals surface area contributed by atoms with Gasteiger partial charge in [-0.25, -0.2) is 0 Å². The van der Waals surface area contributed by atoms with Crippen molar-refractivity contribution in [2.24, 2.45) is 5.92 Å². The van der Waals surface area contributed by atoms with Gasteiger partial charge in [0, 0.05) is 12.5 Å². The molecular formula is C65H94O6Si3. The third-order valence-electron chi connectivity index (χ3n) is 15.1. The summed E-state index contributed by atoms with van der Waals surface area (Å²) >= 11 is 0. The molecule has 5 rings (SSSR count). The predicted octanol–water partition coefficient (Wildman–Crippen LogP) is 14.8. The SMILES string of the molecule is CCCCC/C=C/C=C\C=C/[C@H](O[Si](c1ccccc1)(c1ccccc1)C(C)(C)C)[C@H](C)[C@H](C/C=C/[C@@H]1OC(O[Si](C)(C)C(C)(C)C)C=C[C@@H]1O[Si](c1ccccc1)(c1ccccc1)C(C)(C)C)OC(C)OCC. The molecule has 0 bridgehead atoms. The summed E-state index contributed by atoms with van der Waals surface area (Å²) < 4.78 is 43.1. The molecule has 0 amide bonds. The zero-order valence-electron chi connectivity index (χ0n) is 48.1. The molecule has 0 saturated heterocycles. The molecule has 0 aliphatic carbocycles. The van der Waals surface area contributed by atoms with Gasteiger partial charge in [-0.05, 0) is 88.1 Å². The van der Waals surface area contributed by atoms with Crippen LogP contribution in [0.25, 0.3) is 0 Å². The highest BCUT2D eigenvalue weighted by Gasteiger charge is 2.54. The van der Waals surface area contributed by atoms with Gasteiger partial charge in [-0.2, -0.15) is 0 Å². The van der Waals surface area contributed by atoms with Crippen LogP contribution < -0.4 is 20.7 Å². The van der Waals surface area contributed by atoms with Gasteiger partial charge in [-0.1, -0.05) is 265 Å². The first-order valence-electron chi connectivity index (χ1n) is 27.6. The lowest BCUT2D eigenvalue weighted by Crippen LogP contribution is -2.68. The Morgan fingerprint density at radius 3 is 1.55 bits per heavy atom. The maximum Gasteiger partial charge on any atom is 0.262 e. The molecule has 2 unspecified atom stereocenters. The van der Waals surface area contributed by atoms with E-state index in [1.807, 2.05) is 13.8 Å². The van der Waals surface area contributed by atoms with E-state index in [9.17, 15) is 0 Å². The average molecular weight is 1060 g/mol. The second kappa shape index (κ2) is 27.9. The summed E-state index contributed by atoms with van der Waals surface area (Å²) in [6, 6.07) is 43.5. The molecule has 0 N–H and O–H groups in total. The smallest absolute Gasteiger partial charge is 0.262 e. The lowest BCUT2D eigenvalue weighted by molar-refractivity contribution is -0.173. The lowest BCUT2D eigenvalue weighted by atomic mass is 9.94. The minimum atomic E-state index is -3.02. The van der Waals surface area contributed by atoms with Gasteiger partial charge in [0.05, 0.1) is 18.3 Å². The number of hydrogen-bond donors (Lipinski definition) is 0. The Kier molecular flexibility index (Phi) is 22.9. The molecule has 1 heterocycles. The topological polar surface area (TPSA) is 55.4 Å². The van der Waals surface area contributed by atoms with E-state index in [2.05, 4.69) is 271 Å². The van der Waals surface area contributed by atoms with E-state index in [0.717, 1.165) is 6.42 Å². The van der Waals surface area contributed by atoms with Gasteiger partial charge in [0.1, 0.15) is 6.10 Å². The molecule has 1 aliphatic rings. The van der Waals surface area contributed by atoms with Crippen LogP contribution >= 0.6 is 0 Å². The molecule has 0 spiro atoms. The van der Waals surface area contributed by atoms with Crippen LogP contribution in [0.5, 0.6) is 0 Å². The van der Waals surface area contributed by atoms with Crippen LogP contribution in [0.15, 0.2) is 182 Å². The van der Waals surface area contributed by atoms with Gasteiger partial charge in [-0.3, -0.25) is 0 Å². The van der Waals surface area contributed by atoms with Crippen LogP contribution in [0.3, 0.4) is 0 Å². The van der Waals surface area contributed by atoms with E-state index in [0.29, 0.717) is 13.0 Å². The van der Waals surface area contributed by atoms with Gasteiger partial charge in [0.25, 0.3) is 16.6 Å². The fraction of sp³-hybridized carbons (Fsp3) is 0.477. The van der Waals surface area contributed by atoms with E-state index in [1.165, 1.54) is 40.0 Å². The summed E-state index contributed by atoms with van der Waals surface area (Å²) in [6.45, 7) is 34.4. The predicted molar refractivity (Wildman–Crippen MR) is 322 cm³/mol. The van der Waals surface area contributed by atoms with E-state index in [-0.39, 0.29) is 33.2 Å². The number of allylic oxidation sites excluding steroid dienone is 5. The first-order valence-corrected chi connectivity index (χ1v) is 34.4. The first-order chi connectivity index (χ1) is 35.1. The number of benzene rings is 4. The Morgan fingerprint density at radius 1 is 0.581 bits per heavy atom. The molecule has 0 aromatic heterocycles. The van der Waals surface area contributed by atoms with E-state index in [1.54, 1.807) is 0 Å². The molecule has 402 valence electrons. The summed E-state index contributed by atoms with van der Waals surface area (Å²) in [5.41, 5.74) is 0. The summed E-state index contributed by atoms with van der Waals surface area (Å²) in [7, 11) is -8.24. The third kappa shape index (κ3) is 15.8. The van der Waals surface area contributed by atoms with Crippen molar-refractivity contribution in [1.82, 2.24) is 0 Å². The largest absolute Gasteiger partial charge is 0.401 e. The third-order valence-corrected chi connectivity index (χ3v) is 29.6. The van der Waals surface area contributed by atoms with Crippen LogP contribution in [0.4, 0.5) is 0 Å². The second-order valence-corrected chi connectivity index (χ2v) is 36.9. The molecule has 9 heteroatoms. The quantitative estimate of drug-likeness (QED) is 0.0205. The Labute approximate surface area is 452 Å². The van der Waals surface area contributed by atoms with Crippen LogP contribution in [0.1, 0.15) is 122 Å². The highest BCUT2D eigenvalue weighted by molar-refractivity contribution is 7.00. The molecule has 74 heavy (non-hydrogen) atoms. The number of rotatable bonds is 26. The van der Waals surface area contributed by atoms with Crippen molar-refractivity contribution < 1.29 is 27.5 Å². The van der Waals surface area contributed by atoms with Crippen LogP contribution in [0.2, 0.25) is 28.2 Å². The van der Waals surface area contributed by atoms with Crippen LogP contribution in [-0.2, 0) is 27.5 Å². The van der Waals surface area contributed by atoms with Gasteiger partial charge < -0.3 is 27.5 Å². The minimum absolute atomic E-state index is 0.00197. The van der Waals surface area contributed by atoms with Gasteiger partial charge in [-0.15, -0.1) is 0 Å². The van der Waals surface area contributed by atoms with E-state index < -0.39 is 49.7 Å². The monoisotopic (exact) mass is 1050 g/mol. The second-order valence-electron chi connectivity index (χ2n) is 23.6. The lowest BCUT2D eigenvalue weighted by Gasteiger charge is -2.47. The van der Waals surface area contributed by atoms with E-state index in [4.69, 9.17) is 27.5 Å². The normalized spacial score (nSPS) is 19.2. The first kappa shape index (κ1) is 60.9. The number of unbranched alkanes of at least 4 members (excludes halogenated alkanes) is 3. The average Bonchev–Trinajstić information content (AvgIpc) is 3.36. The van der Waals surface area contributed by atoms with Crippen molar-refractivity contribution in [3.05, 3.63) is 182 Å². The molecule has 0 fully saturated rings. The molecule has 0 radical (unpaired) electrons. The molecule has 4 aromatic rings. The minimum Gasteiger partial charge on any atom is -0.401 e. The van der Waals surface area contributed by atoms with Gasteiger partial charge >= 0.3 is 0 Å². The van der Waals surface area contributed by atoms with Gasteiger partial charge in [0.2, 0.25) is 0 Å². The standard InChI is InChI=1S/C65H94O6Si3/c1-16-18-19-20-21-22-23-24-37-47-59(69-73(64(8,9)10,54-39-29-25-30-40-54)55-41-31-26-32-42-55)52(3)58(67-53(4)66-17-2)48-38-49-60-61(50-51-62(68-60)71-72(14,15)63(5,6)7)70-74(65(11,12)13,56-43-33-27-34-44-56)57-45-35-28-36-46-57/h21-47,49-53,58-62H,16-20,48H2,1-15H3/b22-21+,24-23-,47-37-,49-38+/t52-,53?,58+,59+,60+,61+,62?/m1/s1. The van der Waals surface area contributed by atoms with Crippen LogP contribution in [-0.4, -0.2) is 68.6 Å². The summed E-state index contributed by atoms with van der Waals surface area (Å²) in [5, 5.41) is 4.45. The molecular weight excluding hydrogens is 961 g/mol. The fourth-order valence-electron chi connectivity index (χ4n) is 9.96. The molecule has 1 aliphatic heterocycles. The van der Waals surface area contributed by atoms with Crippen LogP contribution in [0, 0.1) is 5.92 Å². The van der Waals surface area contributed by atoms with Crippen molar-refractivity contribution >= 4 is 45.7 Å². The van der Waals surface area contributed by atoms with Crippen molar-refractivity contribution in [1.29, 1.82) is 0 Å². The molecule has 7 atom stereocenters. The zero-order chi connectivity index (χ0) is 54.0. The summed E-state index contributed by atoms with van der Waals surface area (Å²) in [4.78, 5) is 0.